The van der Waals surface area contributed by atoms with Crippen LogP contribution in [-0.4, -0.2) is 34.5 Å². The van der Waals surface area contributed by atoms with Crippen LogP contribution in [0.1, 0.15) is 51.4 Å². The van der Waals surface area contributed by atoms with Gasteiger partial charge in [0.1, 0.15) is 6.61 Å². The van der Waals surface area contributed by atoms with Gasteiger partial charge in [-0.25, -0.2) is 0 Å². The fourth-order valence-electron chi connectivity index (χ4n) is 2.17. The quantitative estimate of drug-likeness (QED) is 0.612. The Hall–Kier alpha value is -1.00. The minimum atomic E-state index is -0.572. The lowest BCUT2D eigenvalue weighted by molar-refractivity contribution is -0.121. The van der Waals surface area contributed by atoms with Gasteiger partial charge in [-0.05, 0) is 30.9 Å². The summed E-state index contributed by atoms with van der Waals surface area (Å²) in [4.78, 5) is 22.2. The molecule has 0 aromatic carbocycles. The summed E-state index contributed by atoms with van der Waals surface area (Å²) in [6.45, 7) is -0.349. The van der Waals surface area contributed by atoms with Crippen molar-refractivity contribution in [3.8, 4) is 0 Å². The Kier molecular flexibility index (Phi) is 6.83. The van der Waals surface area contributed by atoms with Gasteiger partial charge in [0.05, 0.1) is 6.10 Å². The third-order valence-corrected chi connectivity index (χ3v) is 3.22. The zero-order valence-corrected chi connectivity index (χ0v) is 10.7. The monoisotopic (exact) mass is 254 g/mol. The van der Waals surface area contributed by atoms with Crippen LogP contribution in [0.3, 0.4) is 0 Å². The summed E-state index contributed by atoms with van der Waals surface area (Å²) < 4.78 is 0. The molecule has 0 fully saturated rings. The molecule has 4 nitrogen and oxygen atoms in total. The Morgan fingerprint density at radius 1 is 1.22 bits per heavy atom. The average Bonchev–Trinajstić information content (AvgIpc) is 2.66. The van der Waals surface area contributed by atoms with E-state index in [1.54, 1.807) is 6.08 Å². The van der Waals surface area contributed by atoms with Crippen LogP contribution >= 0.6 is 0 Å². The van der Waals surface area contributed by atoms with Crippen LogP contribution in [0.4, 0.5) is 0 Å². The third-order valence-electron chi connectivity index (χ3n) is 3.22. The Morgan fingerprint density at radius 2 is 1.89 bits per heavy atom. The molecule has 0 aromatic heterocycles. The van der Waals surface area contributed by atoms with Gasteiger partial charge in [-0.1, -0.05) is 19.3 Å². The fourth-order valence-corrected chi connectivity index (χ4v) is 2.17. The highest BCUT2D eigenvalue weighted by Crippen LogP contribution is 2.20. The fraction of sp³-hybridized carbons (Fsp3) is 0.714. The standard InChI is InChI=1S/C14H22O4/c15-10-12(16)7-5-3-1-2-4-6-11-8-13(17)9-14(11)18/h8,13,15,17H,1-7,9-10H2. The van der Waals surface area contributed by atoms with Crippen LogP contribution in [0, 0.1) is 0 Å². The van der Waals surface area contributed by atoms with E-state index in [-0.39, 0.29) is 24.6 Å². The summed E-state index contributed by atoms with van der Waals surface area (Å²) >= 11 is 0. The van der Waals surface area contributed by atoms with Crippen molar-refractivity contribution >= 4 is 11.6 Å². The lowest BCUT2D eigenvalue weighted by Crippen LogP contribution is -2.02. The summed E-state index contributed by atoms with van der Waals surface area (Å²) in [5.41, 5.74) is 0.776. The second kappa shape index (κ2) is 8.16. The molecule has 1 rings (SSSR count). The molecule has 0 radical (unpaired) electrons. The molecule has 0 amide bonds. The predicted octanol–water partition coefficient (Wildman–Crippen LogP) is 1.54. The van der Waals surface area contributed by atoms with Gasteiger partial charge in [0.2, 0.25) is 0 Å². The first-order valence-corrected chi connectivity index (χ1v) is 6.68. The van der Waals surface area contributed by atoms with E-state index in [9.17, 15) is 14.7 Å². The second-order valence-electron chi connectivity index (χ2n) is 4.85. The number of carbonyl (C=O) groups is 2. The van der Waals surface area contributed by atoms with Gasteiger partial charge in [-0.15, -0.1) is 0 Å². The van der Waals surface area contributed by atoms with Gasteiger partial charge < -0.3 is 10.2 Å². The van der Waals surface area contributed by atoms with Crippen LogP contribution in [-0.2, 0) is 9.59 Å². The molecule has 0 aromatic rings. The molecule has 0 heterocycles. The highest BCUT2D eigenvalue weighted by atomic mass is 16.3. The van der Waals surface area contributed by atoms with E-state index in [1.165, 1.54) is 0 Å². The van der Waals surface area contributed by atoms with Crippen LogP contribution in [0.5, 0.6) is 0 Å². The third kappa shape index (κ3) is 5.56. The van der Waals surface area contributed by atoms with Crippen LogP contribution in [0.15, 0.2) is 11.6 Å². The molecular formula is C14H22O4. The number of aliphatic hydroxyl groups is 2. The first-order chi connectivity index (χ1) is 8.63. The molecule has 102 valence electrons. The molecule has 0 bridgehead atoms. The molecule has 4 heteroatoms. The Labute approximate surface area is 108 Å². The molecule has 0 spiro atoms. The van der Waals surface area contributed by atoms with E-state index in [4.69, 9.17) is 5.11 Å². The first-order valence-electron chi connectivity index (χ1n) is 6.68. The van der Waals surface area contributed by atoms with Gasteiger partial charge in [-0.3, -0.25) is 9.59 Å². The van der Waals surface area contributed by atoms with E-state index < -0.39 is 6.10 Å². The van der Waals surface area contributed by atoms with E-state index in [1.807, 2.05) is 0 Å². The van der Waals surface area contributed by atoms with Crippen molar-refractivity contribution in [2.24, 2.45) is 0 Å². The smallest absolute Gasteiger partial charge is 0.161 e. The minimum absolute atomic E-state index is 0.0797. The SMILES string of the molecule is O=C(CO)CCCCCCCC1=CC(O)CC1=O. The molecule has 1 aliphatic rings. The maximum Gasteiger partial charge on any atom is 0.161 e. The molecular weight excluding hydrogens is 232 g/mol. The molecule has 0 saturated carbocycles. The van der Waals surface area contributed by atoms with Crippen molar-refractivity contribution in [2.45, 2.75) is 57.5 Å². The summed E-state index contributed by atoms with van der Waals surface area (Å²) in [5.74, 6) is -0.0123. The molecule has 2 N–H and O–H groups in total. The number of hydrogen-bond acceptors (Lipinski definition) is 4. The zero-order valence-electron chi connectivity index (χ0n) is 10.7. The van der Waals surface area contributed by atoms with Gasteiger partial charge in [0.15, 0.2) is 11.6 Å². The molecule has 0 aliphatic heterocycles. The molecule has 0 saturated heterocycles. The number of Topliss-reactive ketones (excluding diaryl/α,β-unsaturated/α-hetero) is 2. The summed E-state index contributed by atoms with van der Waals surface area (Å²) in [7, 11) is 0. The molecule has 1 atom stereocenters. The normalized spacial score (nSPS) is 19.1. The predicted molar refractivity (Wildman–Crippen MR) is 68.1 cm³/mol. The van der Waals surface area contributed by atoms with Gasteiger partial charge in [-0.2, -0.15) is 0 Å². The van der Waals surface area contributed by atoms with Crippen LogP contribution in [0.2, 0.25) is 0 Å². The van der Waals surface area contributed by atoms with Crippen molar-refractivity contribution in [3.05, 3.63) is 11.6 Å². The maximum atomic E-state index is 11.4. The topological polar surface area (TPSA) is 74.6 Å². The molecule has 18 heavy (non-hydrogen) atoms. The van der Waals surface area contributed by atoms with E-state index in [0.29, 0.717) is 6.42 Å². The number of ketones is 2. The average molecular weight is 254 g/mol. The Morgan fingerprint density at radius 3 is 2.50 bits per heavy atom. The Balaban J connectivity index is 1.98. The highest BCUT2D eigenvalue weighted by Gasteiger charge is 2.21. The first kappa shape index (κ1) is 15.1. The van der Waals surface area contributed by atoms with Crippen molar-refractivity contribution in [2.75, 3.05) is 6.61 Å². The maximum absolute atomic E-state index is 11.4. The van der Waals surface area contributed by atoms with Crippen molar-refractivity contribution in [1.82, 2.24) is 0 Å². The van der Waals surface area contributed by atoms with Gasteiger partial charge in [0, 0.05) is 12.8 Å². The lowest BCUT2D eigenvalue weighted by atomic mass is 10.0. The molecule has 1 aliphatic carbocycles. The lowest BCUT2D eigenvalue weighted by Gasteiger charge is -2.02. The number of unbranched alkanes of at least 4 members (excludes halogenated alkanes) is 4. The minimum Gasteiger partial charge on any atom is -0.389 e. The Bertz CT molecular complexity index is 320. The zero-order chi connectivity index (χ0) is 13.4. The van der Waals surface area contributed by atoms with E-state index in [0.717, 1.165) is 44.1 Å². The van der Waals surface area contributed by atoms with Crippen molar-refractivity contribution < 1.29 is 19.8 Å². The number of aliphatic hydroxyl groups excluding tert-OH is 2. The van der Waals surface area contributed by atoms with E-state index in [2.05, 4.69) is 0 Å². The highest BCUT2D eigenvalue weighted by molar-refractivity contribution is 5.98. The number of carbonyl (C=O) groups excluding carboxylic acids is 2. The van der Waals surface area contributed by atoms with E-state index >= 15 is 0 Å². The summed E-state index contributed by atoms with van der Waals surface area (Å²) in [5, 5.41) is 17.8. The largest absolute Gasteiger partial charge is 0.389 e. The van der Waals surface area contributed by atoms with Gasteiger partial charge >= 0.3 is 0 Å². The van der Waals surface area contributed by atoms with Gasteiger partial charge in [0.25, 0.3) is 0 Å². The van der Waals surface area contributed by atoms with Crippen LogP contribution < -0.4 is 0 Å². The van der Waals surface area contributed by atoms with Crippen molar-refractivity contribution in [3.63, 3.8) is 0 Å². The molecule has 1 unspecified atom stereocenters. The summed E-state index contributed by atoms with van der Waals surface area (Å²) in [6.07, 6.45) is 7.42. The number of rotatable bonds is 9. The van der Waals surface area contributed by atoms with Crippen molar-refractivity contribution in [1.29, 1.82) is 0 Å². The number of allylic oxidation sites excluding steroid dienone is 1. The van der Waals surface area contributed by atoms with Crippen LogP contribution in [0.25, 0.3) is 0 Å². The second-order valence-corrected chi connectivity index (χ2v) is 4.85. The summed E-state index contributed by atoms with van der Waals surface area (Å²) in [6, 6.07) is 0. The number of hydrogen-bond donors (Lipinski definition) is 2.